The van der Waals surface area contributed by atoms with E-state index in [2.05, 4.69) is 57.3 Å². The molecule has 0 radical (unpaired) electrons. The molecule has 1 heteroatoms. The smallest absolute Gasteiger partial charge is 0.0348 e. The van der Waals surface area contributed by atoms with Crippen LogP contribution in [0.2, 0.25) is 0 Å². The molecule has 20 heavy (non-hydrogen) atoms. The Balaban J connectivity index is 2.17. The Morgan fingerprint density at radius 1 is 1.10 bits per heavy atom. The molecular formula is C19H31N. The fraction of sp³-hybridized carbons (Fsp3) is 0.684. The van der Waals surface area contributed by atoms with E-state index in [1.807, 2.05) is 0 Å². The molecule has 0 aromatic heterocycles. The molecule has 1 aromatic rings. The molecule has 0 heterocycles. The van der Waals surface area contributed by atoms with Crippen molar-refractivity contribution in [2.75, 3.05) is 6.54 Å². The van der Waals surface area contributed by atoms with Crippen molar-refractivity contribution in [2.45, 2.75) is 71.3 Å². The number of rotatable bonds is 6. The van der Waals surface area contributed by atoms with Gasteiger partial charge in [0.1, 0.15) is 0 Å². The Morgan fingerprint density at radius 2 is 1.70 bits per heavy atom. The SMILES string of the molecule is CCNC(c1ccc(C(C)(C)CC)cc1)C1CCCC1. The van der Waals surface area contributed by atoms with E-state index >= 15 is 0 Å². The van der Waals surface area contributed by atoms with Gasteiger partial charge in [-0.1, -0.05) is 64.8 Å². The topological polar surface area (TPSA) is 12.0 Å². The standard InChI is InChI=1S/C19H31N/c1-5-19(3,4)17-13-11-16(12-14-17)18(20-6-2)15-9-7-8-10-15/h11-15,18,20H,5-10H2,1-4H3. The van der Waals surface area contributed by atoms with Gasteiger partial charge in [-0.15, -0.1) is 0 Å². The van der Waals surface area contributed by atoms with E-state index < -0.39 is 0 Å². The van der Waals surface area contributed by atoms with Crippen LogP contribution in [0.5, 0.6) is 0 Å². The van der Waals surface area contributed by atoms with Crippen molar-refractivity contribution < 1.29 is 0 Å². The maximum absolute atomic E-state index is 3.71. The van der Waals surface area contributed by atoms with Gasteiger partial charge in [0.15, 0.2) is 0 Å². The second-order valence-electron chi connectivity index (χ2n) is 6.94. The first kappa shape index (κ1) is 15.6. The minimum Gasteiger partial charge on any atom is -0.310 e. The highest BCUT2D eigenvalue weighted by atomic mass is 14.9. The first-order valence-electron chi connectivity index (χ1n) is 8.42. The zero-order valence-electron chi connectivity index (χ0n) is 13.7. The van der Waals surface area contributed by atoms with E-state index in [4.69, 9.17) is 0 Å². The van der Waals surface area contributed by atoms with Crippen molar-refractivity contribution in [2.24, 2.45) is 5.92 Å². The Labute approximate surface area is 125 Å². The molecule has 1 atom stereocenters. The third-order valence-corrected chi connectivity index (χ3v) is 5.23. The Bertz CT molecular complexity index is 398. The minimum absolute atomic E-state index is 0.291. The molecular weight excluding hydrogens is 242 g/mol. The van der Waals surface area contributed by atoms with E-state index in [1.54, 1.807) is 0 Å². The molecule has 0 amide bonds. The van der Waals surface area contributed by atoms with Gasteiger partial charge < -0.3 is 5.32 Å². The van der Waals surface area contributed by atoms with E-state index in [0.29, 0.717) is 11.5 Å². The van der Waals surface area contributed by atoms with Gasteiger partial charge >= 0.3 is 0 Å². The summed E-state index contributed by atoms with van der Waals surface area (Å²) >= 11 is 0. The predicted molar refractivity (Wildman–Crippen MR) is 88.1 cm³/mol. The summed E-state index contributed by atoms with van der Waals surface area (Å²) in [6, 6.07) is 9.97. The third kappa shape index (κ3) is 3.44. The molecule has 0 saturated heterocycles. The Kier molecular flexibility index (Phi) is 5.26. The zero-order valence-corrected chi connectivity index (χ0v) is 13.7. The summed E-state index contributed by atoms with van der Waals surface area (Å²) in [5, 5.41) is 3.71. The summed E-state index contributed by atoms with van der Waals surface area (Å²) < 4.78 is 0. The molecule has 1 unspecified atom stereocenters. The van der Waals surface area contributed by atoms with Gasteiger partial charge in [0.25, 0.3) is 0 Å². The van der Waals surface area contributed by atoms with Crippen LogP contribution < -0.4 is 5.32 Å². The summed E-state index contributed by atoms with van der Waals surface area (Å²) in [5.74, 6) is 0.833. The van der Waals surface area contributed by atoms with Crippen LogP contribution in [0.15, 0.2) is 24.3 Å². The Hall–Kier alpha value is -0.820. The molecule has 0 aliphatic heterocycles. The summed E-state index contributed by atoms with van der Waals surface area (Å²) in [4.78, 5) is 0. The lowest BCUT2D eigenvalue weighted by atomic mass is 9.81. The molecule has 0 bridgehead atoms. The second-order valence-corrected chi connectivity index (χ2v) is 6.94. The van der Waals surface area contributed by atoms with Gasteiger partial charge in [-0.3, -0.25) is 0 Å². The van der Waals surface area contributed by atoms with Crippen LogP contribution in [0, 0.1) is 5.92 Å². The highest BCUT2D eigenvalue weighted by Gasteiger charge is 2.26. The van der Waals surface area contributed by atoms with E-state index in [1.165, 1.54) is 43.2 Å². The van der Waals surface area contributed by atoms with Crippen molar-refractivity contribution in [1.29, 1.82) is 0 Å². The van der Waals surface area contributed by atoms with Gasteiger partial charge in [0, 0.05) is 6.04 Å². The van der Waals surface area contributed by atoms with Crippen LogP contribution in [0.25, 0.3) is 0 Å². The zero-order chi connectivity index (χ0) is 14.6. The molecule has 1 nitrogen and oxygen atoms in total. The highest BCUT2D eigenvalue weighted by molar-refractivity contribution is 5.30. The molecule has 1 aliphatic carbocycles. The lowest BCUT2D eigenvalue weighted by molar-refractivity contribution is 0.374. The van der Waals surface area contributed by atoms with E-state index in [9.17, 15) is 0 Å². The van der Waals surface area contributed by atoms with Crippen LogP contribution in [0.1, 0.15) is 77.0 Å². The molecule has 1 N–H and O–H groups in total. The van der Waals surface area contributed by atoms with Crippen molar-refractivity contribution in [3.05, 3.63) is 35.4 Å². The summed E-state index contributed by atoms with van der Waals surface area (Å²) in [6.45, 7) is 10.2. The molecule has 112 valence electrons. The molecule has 1 fully saturated rings. The first-order chi connectivity index (χ1) is 9.58. The van der Waals surface area contributed by atoms with Crippen LogP contribution in [0.4, 0.5) is 0 Å². The van der Waals surface area contributed by atoms with Crippen LogP contribution in [0.3, 0.4) is 0 Å². The van der Waals surface area contributed by atoms with Gasteiger partial charge in [0.2, 0.25) is 0 Å². The first-order valence-corrected chi connectivity index (χ1v) is 8.42. The van der Waals surface area contributed by atoms with Gasteiger partial charge in [-0.25, -0.2) is 0 Å². The predicted octanol–water partition coefficient (Wildman–Crippen LogP) is 5.22. The number of hydrogen-bond donors (Lipinski definition) is 1. The summed E-state index contributed by atoms with van der Waals surface area (Å²) in [5.41, 5.74) is 3.24. The van der Waals surface area contributed by atoms with Gasteiger partial charge in [-0.05, 0) is 48.3 Å². The average Bonchev–Trinajstić information content (AvgIpc) is 2.99. The molecule has 1 saturated carbocycles. The maximum Gasteiger partial charge on any atom is 0.0348 e. The van der Waals surface area contributed by atoms with Crippen LogP contribution >= 0.6 is 0 Å². The monoisotopic (exact) mass is 273 g/mol. The third-order valence-electron chi connectivity index (χ3n) is 5.23. The molecule has 1 aromatic carbocycles. The van der Waals surface area contributed by atoms with E-state index in [0.717, 1.165) is 12.5 Å². The summed E-state index contributed by atoms with van der Waals surface area (Å²) in [6.07, 6.45) is 6.78. The highest BCUT2D eigenvalue weighted by Crippen LogP contribution is 2.36. The van der Waals surface area contributed by atoms with Gasteiger partial charge in [-0.2, -0.15) is 0 Å². The van der Waals surface area contributed by atoms with E-state index in [-0.39, 0.29) is 0 Å². The number of hydrogen-bond acceptors (Lipinski definition) is 1. The van der Waals surface area contributed by atoms with Crippen LogP contribution in [-0.2, 0) is 5.41 Å². The lowest BCUT2D eigenvalue weighted by Crippen LogP contribution is -2.27. The van der Waals surface area contributed by atoms with Crippen molar-refractivity contribution in [3.8, 4) is 0 Å². The second kappa shape index (κ2) is 6.76. The molecule has 2 rings (SSSR count). The minimum atomic E-state index is 0.291. The maximum atomic E-state index is 3.71. The molecule has 1 aliphatic rings. The van der Waals surface area contributed by atoms with Crippen LogP contribution in [-0.4, -0.2) is 6.54 Å². The fourth-order valence-corrected chi connectivity index (χ4v) is 3.41. The number of benzene rings is 1. The summed E-state index contributed by atoms with van der Waals surface area (Å²) in [7, 11) is 0. The van der Waals surface area contributed by atoms with Crippen molar-refractivity contribution in [1.82, 2.24) is 5.32 Å². The quantitative estimate of drug-likeness (QED) is 0.749. The van der Waals surface area contributed by atoms with Crippen molar-refractivity contribution >= 4 is 0 Å². The normalized spacial score (nSPS) is 18.4. The van der Waals surface area contributed by atoms with Crippen molar-refractivity contribution in [3.63, 3.8) is 0 Å². The average molecular weight is 273 g/mol. The van der Waals surface area contributed by atoms with Gasteiger partial charge in [0.05, 0.1) is 0 Å². The molecule has 0 spiro atoms. The Morgan fingerprint density at radius 3 is 2.20 bits per heavy atom. The lowest BCUT2D eigenvalue weighted by Gasteiger charge is -2.27. The number of nitrogens with one attached hydrogen (secondary N) is 1. The largest absolute Gasteiger partial charge is 0.310 e. The fourth-order valence-electron chi connectivity index (χ4n) is 3.41.